The molecule has 0 heterocycles. The van der Waals surface area contributed by atoms with Crippen molar-refractivity contribution in [2.75, 3.05) is 12.3 Å². The average molecular weight is 310 g/mol. The number of hydrogen-bond donors (Lipinski definition) is 1. The molecule has 3 nitrogen and oxygen atoms in total. The van der Waals surface area contributed by atoms with Gasteiger partial charge in [-0.15, -0.1) is 0 Å². The fourth-order valence-corrected chi connectivity index (χ4v) is 6.27. The molecule has 0 aromatic heterocycles. The Labute approximate surface area is 121 Å². The second kappa shape index (κ2) is 10.2. The molecule has 1 atom stereocenters. The number of hydrogen-bond acceptors (Lipinski definition) is 4. The smallest absolute Gasteiger partial charge is 0.211 e. The van der Waals surface area contributed by atoms with Gasteiger partial charge in [0.25, 0.3) is 0 Å². The molecule has 0 aliphatic rings. The Kier molecular flexibility index (Phi) is 10.5. The van der Waals surface area contributed by atoms with Crippen LogP contribution in [0.2, 0.25) is 0 Å². The van der Waals surface area contributed by atoms with Crippen LogP contribution in [0.15, 0.2) is 4.99 Å². The van der Waals surface area contributed by atoms with Crippen LogP contribution in [0.3, 0.4) is 0 Å². The van der Waals surface area contributed by atoms with Gasteiger partial charge in [0.05, 0.1) is 12.4 Å². The fourth-order valence-electron chi connectivity index (χ4n) is 1.05. The van der Waals surface area contributed by atoms with Crippen LogP contribution in [0.25, 0.3) is 0 Å². The Balaban J connectivity index is 4.28. The summed E-state index contributed by atoms with van der Waals surface area (Å²) in [5.74, 6) is 1.63. The van der Waals surface area contributed by atoms with E-state index >= 15 is 0 Å². The maximum absolute atomic E-state index is 5.88. The molecular weight excluding hydrogens is 283 g/mol. The molecule has 1 N–H and O–H groups in total. The Morgan fingerprint density at radius 3 is 2.56 bits per heavy atom. The van der Waals surface area contributed by atoms with E-state index in [1.807, 2.05) is 13.8 Å². The van der Waals surface area contributed by atoms with Gasteiger partial charge in [-0.1, -0.05) is 38.6 Å². The van der Waals surface area contributed by atoms with E-state index in [1.54, 1.807) is 17.7 Å². The van der Waals surface area contributed by atoms with E-state index in [-0.39, 0.29) is 6.10 Å². The highest BCUT2D eigenvalue weighted by molar-refractivity contribution is 8.68. The third-order valence-corrected chi connectivity index (χ3v) is 7.73. The zero-order valence-corrected chi connectivity index (χ0v) is 14.7. The van der Waals surface area contributed by atoms with E-state index in [9.17, 15) is 0 Å². The van der Waals surface area contributed by atoms with Crippen molar-refractivity contribution in [2.45, 2.75) is 53.6 Å². The van der Waals surface area contributed by atoms with Gasteiger partial charge in [0.2, 0.25) is 5.62 Å². The number of nitrogens with one attached hydrogen (secondary N) is 1. The minimum Gasteiger partial charge on any atom is -0.324 e. The molecule has 0 saturated carbocycles. The van der Waals surface area contributed by atoms with Gasteiger partial charge < -0.3 is 9.61 Å². The predicted octanol–water partition coefficient (Wildman–Crippen LogP) is 4.44. The molecule has 0 aromatic rings. The van der Waals surface area contributed by atoms with Crippen molar-refractivity contribution in [3.05, 3.63) is 0 Å². The first-order valence-corrected chi connectivity index (χ1v) is 10.9. The van der Waals surface area contributed by atoms with Gasteiger partial charge in [-0.2, -0.15) is 0 Å². The zero-order valence-electron chi connectivity index (χ0n) is 12.2. The van der Waals surface area contributed by atoms with Crippen LogP contribution >= 0.6 is 17.0 Å². The number of aliphatic imine (C=N–C) groups is 1. The van der Waals surface area contributed by atoms with Crippen LogP contribution in [-0.2, 0) is 16.3 Å². The van der Waals surface area contributed by atoms with Crippen LogP contribution in [0, 0.1) is 5.92 Å². The molecule has 0 aromatic carbocycles. The van der Waals surface area contributed by atoms with Crippen LogP contribution < -0.4 is 5.09 Å². The maximum atomic E-state index is 5.88. The average Bonchev–Trinajstić information content (AvgIpc) is 2.25. The van der Waals surface area contributed by atoms with Crippen LogP contribution in [0.1, 0.15) is 47.5 Å². The molecule has 0 rings (SSSR count). The summed E-state index contributed by atoms with van der Waals surface area (Å²) in [5, 5.41) is 3.22. The highest BCUT2D eigenvalue weighted by Gasteiger charge is 2.19. The number of rotatable bonds is 10. The predicted molar refractivity (Wildman–Crippen MR) is 89.2 cm³/mol. The third-order valence-electron chi connectivity index (χ3n) is 1.88. The maximum Gasteiger partial charge on any atom is 0.211 e. The van der Waals surface area contributed by atoms with Gasteiger partial charge in [0, 0.05) is 12.3 Å². The summed E-state index contributed by atoms with van der Waals surface area (Å²) in [5.41, 5.74) is -2.03. The van der Waals surface area contributed by atoms with Crippen molar-refractivity contribution in [3.63, 3.8) is 0 Å². The molecule has 18 heavy (non-hydrogen) atoms. The van der Waals surface area contributed by atoms with Crippen LogP contribution in [0.4, 0.5) is 0 Å². The topological polar surface area (TPSA) is 33.6 Å². The lowest BCUT2D eigenvalue weighted by Gasteiger charge is -2.24. The minimum atomic E-state index is -2.03. The summed E-state index contributed by atoms with van der Waals surface area (Å²) in [6.07, 6.45) is 4.17. The molecule has 0 aliphatic heterocycles. The summed E-state index contributed by atoms with van der Waals surface area (Å²) in [6.45, 7) is 11.4. The normalized spacial score (nSPS) is 15.5. The molecule has 0 radical (unpaired) electrons. The van der Waals surface area contributed by atoms with Crippen molar-refractivity contribution in [1.29, 1.82) is 0 Å². The zero-order chi connectivity index (χ0) is 14.0. The molecule has 0 bridgehead atoms. The molecule has 0 amide bonds. The van der Waals surface area contributed by atoms with E-state index in [4.69, 9.17) is 16.3 Å². The molecule has 1 unspecified atom stereocenters. The first kappa shape index (κ1) is 18.4. The Hall–Kier alpha value is 0.430. The lowest BCUT2D eigenvalue weighted by atomic mass is 10.3. The largest absolute Gasteiger partial charge is 0.324 e. The minimum absolute atomic E-state index is 0.145. The molecule has 0 fully saturated rings. The summed E-state index contributed by atoms with van der Waals surface area (Å²) in [6, 6.07) is 0. The van der Waals surface area contributed by atoms with Gasteiger partial charge in [0.15, 0.2) is 0 Å². The van der Waals surface area contributed by atoms with Crippen molar-refractivity contribution in [3.8, 4) is 0 Å². The Morgan fingerprint density at radius 1 is 1.39 bits per heavy atom. The Bertz CT molecular complexity index is 283. The number of unbranched alkanes of at least 4 members (excludes halogenated alkanes) is 1. The summed E-state index contributed by atoms with van der Waals surface area (Å²) in [7, 11) is 0. The van der Waals surface area contributed by atoms with Gasteiger partial charge in [-0.3, -0.25) is 4.99 Å². The molecular formula is C12H27N2OPS2. The highest BCUT2D eigenvalue weighted by Crippen LogP contribution is 2.57. The SMILES string of the molecule is CCCCN=CNP(=S)(OC(C)C)SCC(C)C. The highest BCUT2D eigenvalue weighted by atomic mass is 32.9. The van der Waals surface area contributed by atoms with Crippen LogP contribution in [-0.4, -0.2) is 24.7 Å². The van der Waals surface area contributed by atoms with E-state index < -0.39 is 5.62 Å². The van der Waals surface area contributed by atoms with Gasteiger partial charge in [-0.05, 0) is 38.0 Å². The molecule has 108 valence electrons. The monoisotopic (exact) mass is 310 g/mol. The molecule has 0 spiro atoms. The summed E-state index contributed by atoms with van der Waals surface area (Å²) >= 11 is 7.35. The Morgan fingerprint density at radius 2 is 2.06 bits per heavy atom. The summed E-state index contributed by atoms with van der Waals surface area (Å²) < 4.78 is 5.88. The van der Waals surface area contributed by atoms with Gasteiger partial charge in [-0.25, -0.2) is 0 Å². The standard InChI is InChI=1S/C12H27N2OPS2/c1-6-7-8-13-10-14-16(17,15-12(4)5)18-9-11(2)3/h10-12H,6-9H2,1-5H3,(H,13,14,17). The quantitative estimate of drug-likeness (QED) is 0.280. The first-order chi connectivity index (χ1) is 8.39. The van der Waals surface area contributed by atoms with Crippen molar-refractivity contribution in [2.24, 2.45) is 10.9 Å². The van der Waals surface area contributed by atoms with Crippen molar-refractivity contribution < 1.29 is 4.52 Å². The lowest BCUT2D eigenvalue weighted by Crippen LogP contribution is -2.13. The van der Waals surface area contributed by atoms with Crippen LogP contribution in [0.5, 0.6) is 0 Å². The molecule has 0 aliphatic carbocycles. The van der Waals surface area contributed by atoms with E-state index in [0.29, 0.717) is 5.92 Å². The van der Waals surface area contributed by atoms with E-state index in [2.05, 4.69) is 30.9 Å². The van der Waals surface area contributed by atoms with Crippen molar-refractivity contribution in [1.82, 2.24) is 5.09 Å². The lowest BCUT2D eigenvalue weighted by molar-refractivity contribution is 0.274. The summed E-state index contributed by atoms with van der Waals surface area (Å²) in [4.78, 5) is 4.31. The van der Waals surface area contributed by atoms with Gasteiger partial charge in [0.1, 0.15) is 0 Å². The first-order valence-electron chi connectivity index (χ1n) is 6.58. The number of nitrogens with zero attached hydrogens (tertiary/aromatic N) is 1. The van der Waals surface area contributed by atoms with E-state index in [0.717, 1.165) is 25.1 Å². The molecule has 6 heteroatoms. The fraction of sp³-hybridized carbons (Fsp3) is 0.917. The second-order valence-electron chi connectivity index (χ2n) is 4.86. The van der Waals surface area contributed by atoms with Gasteiger partial charge >= 0.3 is 0 Å². The third kappa shape index (κ3) is 10.4. The van der Waals surface area contributed by atoms with E-state index in [1.165, 1.54) is 0 Å². The van der Waals surface area contributed by atoms with Crippen molar-refractivity contribution >= 4 is 35.1 Å². The molecule has 0 saturated heterocycles. The second-order valence-corrected chi connectivity index (χ2v) is 11.5.